The Morgan fingerprint density at radius 1 is 1.30 bits per heavy atom. The topological polar surface area (TPSA) is 63.4 Å². The van der Waals surface area contributed by atoms with Gasteiger partial charge in [-0.05, 0) is 30.5 Å². The molecule has 6 heteroatoms. The summed E-state index contributed by atoms with van der Waals surface area (Å²) in [6, 6.07) is 6.52. The maximum atomic E-state index is 12.7. The summed E-state index contributed by atoms with van der Waals surface area (Å²) in [7, 11) is -3.59. The van der Waals surface area contributed by atoms with Gasteiger partial charge in [-0.1, -0.05) is 44.5 Å². The standard InChI is InChI=1S/C14H23ClN2O2S/c1-4-9-17(11-14(2,3)10-16)20(18,19)13-8-6-5-7-12(13)15/h5-8H,4,9-11,16H2,1-3H3. The fourth-order valence-corrected chi connectivity index (χ4v) is 4.08. The summed E-state index contributed by atoms with van der Waals surface area (Å²) in [6.45, 7) is 7.12. The average molecular weight is 319 g/mol. The molecule has 2 N–H and O–H groups in total. The third kappa shape index (κ3) is 4.19. The van der Waals surface area contributed by atoms with Crippen LogP contribution >= 0.6 is 11.6 Å². The summed E-state index contributed by atoms with van der Waals surface area (Å²) < 4.78 is 26.9. The third-order valence-electron chi connectivity index (χ3n) is 3.08. The van der Waals surface area contributed by atoms with Crippen molar-refractivity contribution >= 4 is 21.6 Å². The fourth-order valence-electron chi connectivity index (χ4n) is 1.87. The maximum absolute atomic E-state index is 12.7. The van der Waals surface area contributed by atoms with Crippen LogP contribution in [0.1, 0.15) is 27.2 Å². The van der Waals surface area contributed by atoms with Crippen LogP contribution in [-0.2, 0) is 10.0 Å². The number of hydrogen-bond acceptors (Lipinski definition) is 3. The first kappa shape index (κ1) is 17.4. The second-order valence-corrected chi connectivity index (χ2v) is 7.95. The molecule has 1 aromatic rings. The van der Waals surface area contributed by atoms with E-state index >= 15 is 0 Å². The van der Waals surface area contributed by atoms with E-state index in [1.54, 1.807) is 18.2 Å². The molecule has 0 spiro atoms. The number of nitrogens with zero attached hydrogens (tertiary/aromatic N) is 1. The van der Waals surface area contributed by atoms with E-state index in [-0.39, 0.29) is 15.3 Å². The molecular formula is C14H23ClN2O2S. The van der Waals surface area contributed by atoms with Gasteiger partial charge in [0.2, 0.25) is 10.0 Å². The summed E-state index contributed by atoms with van der Waals surface area (Å²) in [4.78, 5) is 0.155. The first-order valence-corrected chi connectivity index (χ1v) is 8.51. The molecule has 114 valence electrons. The van der Waals surface area contributed by atoms with Crippen LogP contribution in [0.25, 0.3) is 0 Å². The first-order valence-electron chi connectivity index (χ1n) is 6.69. The Kier molecular flexibility index (Phi) is 6.01. The zero-order chi connectivity index (χ0) is 15.4. The van der Waals surface area contributed by atoms with Crippen LogP contribution in [0.2, 0.25) is 5.02 Å². The van der Waals surface area contributed by atoms with Crippen molar-refractivity contribution in [3.05, 3.63) is 29.3 Å². The number of rotatable bonds is 7. The minimum Gasteiger partial charge on any atom is -0.330 e. The number of halogens is 1. The third-order valence-corrected chi connectivity index (χ3v) is 5.43. The van der Waals surface area contributed by atoms with Gasteiger partial charge in [-0.15, -0.1) is 0 Å². The van der Waals surface area contributed by atoms with Crippen LogP contribution in [0, 0.1) is 5.41 Å². The van der Waals surface area contributed by atoms with E-state index in [1.807, 2.05) is 20.8 Å². The smallest absolute Gasteiger partial charge is 0.244 e. The van der Waals surface area contributed by atoms with Crippen LogP contribution in [-0.4, -0.2) is 32.4 Å². The molecule has 0 saturated heterocycles. The van der Waals surface area contributed by atoms with Crippen LogP contribution in [0.4, 0.5) is 0 Å². The number of sulfonamides is 1. The number of nitrogens with two attached hydrogens (primary N) is 1. The van der Waals surface area contributed by atoms with Gasteiger partial charge in [0.05, 0.1) is 5.02 Å². The van der Waals surface area contributed by atoms with Crippen LogP contribution in [0.5, 0.6) is 0 Å². The maximum Gasteiger partial charge on any atom is 0.244 e. The normalized spacial score (nSPS) is 12.9. The van der Waals surface area contributed by atoms with E-state index in [0.717, 1.165) is 6.42 Å². The molecular weight excluding hydrogens is 296 g/mol. The van der Waals surface area contributed by atoms with Crippen molar-refractivity contribution in [1.82, 2.24) is 4.31 Å². The summed E-state index contributed by atoms with van der Waals surface area (Å²) in [5, 5.41) is 0.249. The van der Waals surface area contributed by atoms with Crippen LogP contribution in [0.15, 0.2) is 29.2 Å². The van der Waals surface area contributed by atoms with Gasteiger partial charge < -0.3 is 5.73 Å². The van der Waals surface area contributed by atoms with Crippen molar-refractivity contribution in [1.29, 1.82) is 0 Å². The van der Waals surface area contributed by atoms with Crippen molar-refractivity contribution < 1.29 is 8.42 Å². The Hall–Kier alpha value is -0.620. The lowest BCUT2D eigenvalue weighted by molar-refractivity contribution is 0.266. The minimum atomic E-state index is -3.59. The number of benzene rings is 1. The van der Waals surface area contributed by atoms with Crippen molar-refractivity contribution in [3.63, 3.8) is 0 Å². The Morgan fingerprint density at radius 2 is 1.90 bits per heavy atom. The van der Waals surface area contributed by atoms with Crippen molar-refractivity contribution in [2.75, 3.05) is 19.6 Å². The summed E-state index contributed by atoms with van der Waals surface area (Å²) in [5.41, 5.74) is 5.44. The molecule has 0 heterocycles. The molecule has 0 aromatic heterocycles. The van der Waals surface area contributed by atoms with E-state index in [4.69, 9.17) is 17.3 Å². The highest BCUT2D eigenvalue weighted by Gasteiger charge is 2.30. The number of hydrogen-bond donors (Lipinski definition) is 1. The Bertz CT molecular complexity index is 544. The average Bonchev–Trinajstić information content (AvgIpc) is 2.38. The summed E-state index contributed by atoms with van der Waals surface area (Å²) in [6.07, 6.45) is 0.740. The second kappa shape index (κ2) is 6.89. The van der Waals surface area contributed by atoms with Gasteiger partial charge in [0.25, 0.3) is 0 Å². The van der Waals surface area contributed by atoms with Crippen molar-refractivity contribution in [2.24, 2.45) is 11.1 Å². The molecule has 0 amide bonds. The van der Waals surface area contributed by atoms with E-state index < -0.39 is 10.0 Å². The summed E-state index contributed by atoms with van der Waals surface area (Å²) >= 11 is 6.03. The SMILES string of the molecule is CCCN(CC(C)(C)CN)S(=O)(=O)c1ccccc1Cl. The van der Waals surface area contributed by atoms with Crippen LogP contribution < -0.4 is 5.73 Å². The zero-order valence-corrected chi connectivity index (χ0v) is 13.8. The second-order valence-electron chi connectivity index (χ2n) is 5.64. The molecule has 4 nitrogen and oxygen atoms in total. The molecule has 0 unspecified atom stereocenters. The molecule has 1 aromatic carbocycles. The van der Waals surface area contributed by atoms with Gasteiger partial charge >= 0.3 is 0 Å². The molecule has 0 fully saturated rings. The van der Waals surface area contributed by atoms with Crippen LogP contribution in [0.3, 0.4) is 0 Å². The van der Waals surface area contributed by atoms with Gasteiger partial charge in [0.1, 0.15) is 4.90 Å². The molecule has 1 rings (SSSR count). The molecule has 0 radical (unpaired) electrons. The van der Waals surface area contributed by atoms with Crippen molar-refractivity contribution in [2.45, 2.75) is 32.1 Å². The van der Waals surface area contributed by atoms with Gasteiger partial charge in [0, 0.05) is 13.1 Å². The molecule has 0 saturated carbocycles. The van der Waals surface area contributed by atoms with E-state index in [1.165, 1.54) is 10.4 Å². The Labute approximate surface area is 127 Å². The molecule has 0 atom stereocenters. The molecule has 0 aliphatic heterocycles. The predicted octanol–water partition coefficient (Wildman–Crippen LogP) is 2.73. The van der Waals surface area contributed by atoms with Crippen molar-refractivity contribution in [3.8, 4) is 0 Å². The largest absolute Gasteiger partial charge is 0.330 e. The highest BCUT2D eigenvalue weighted by Crippen LogP contribution is 2.27. The quantitative estimate of drug-likeness (QED) is 0.840. The highest BCUT2D eigenvalue weighted by molar-refractivity contribution is 7.89. The molecule has 0 bridgehead atoms. The molecule has 0 aliphatic carbocycles. The molecule has 20 heavy (non-hydrogen) atoms. The first-order chi connectivity index (χ1) is 9.24. The predicted molar refractivity (Wildman–Crippen MR) is 83.3 cm³/mol. The van der Waals surface area contributed by atoms with E-state index in [9.17, 15) is 8.42 Å². The summed E-state index contributed by atoms with van der Waals surface area (Å²) in [5.74, 6) is 0. The fraction of sp³-hybridized carbons (Fsp3) is 0.571. The van der Waals surface area contributed by atoms with E-state index in [2.05, 4.69) is 0 Å². The lowest BCUT2D eigenvalue weighted by atomic mass is 9.94. The Balaban J connectivity index is 3.17. The zero-order valence-electron chi connectivity index (χ0n) is 12.3. The van der Waals surface area contributed by atoms with Gasteiger partial charge in [-0.25, -0.2) is 8.42 Å². The van der Waals surface area contributed by atoms with Gasteiger partial charge in [0.15, 0.2) is 0 Å². The van der Waals surface area contributed by atoms with E-state index in [0.29, 0.717) is 19.6 Å². The molecule has 0 aliphatic rings. The lowest BCUT2D eigenvalue weighted by Crippen LogP contribution is -2.42. The minimum absolute atomic E-state index is 0.155. The highest BCUT2D eigenvalue weighted by atomic mass is 35.5. The van der Waals surface area contributed by atoms with Gasteiger partial charge in [-0.3, -0.25) is 0 Å². The lowest BCUT2D eigenvalue weighted by Gasteiger charge is -2.31. The monoisotopic (exact) mass is 318 g/mol. The Morgan fingerprint density at radius 3 is 2.40 bits per heavy atom. The van der Waals surface area contributed by atoms with Gasteiger partial charge in [-0.2, -0.15) is 4.31 Å².